The summed E-state index contributed by atoms with van der Waals surface area (Å²) in [6, 6.07) is 10.7. The SMILES string of the molecule is CSCC(=O)NCC(Cc1ccccc1)N(C)C. The first-order valence-corrected chi connectivity index (χ1v) is 7.49. The molecule has 0 spiro atoms. The first-order chi connectivity index (χ1) is 8.63. The third-order valence-electron chi connectivity index (χ3n) is 2.85. The molecule has 1 atom stereocenters. The Kier molecular flexibility index (Phi) is 6.83. The monoisotopic (exact) mass is 266 g/mol. The molecule has 0 radical (unpaired) electrons. The predicted molar refractivity (Wildman–Crippen MR) is 79.0 cm³/mol. The van der Waals surface area contributed by atoms with Gasteiger partial charge in [-0.1, -0.05) is 30.3 Å². The van der Waals surface area contributed by atoms with E-state index in [0.717, 1.165) is 6.42 Å². The van der Waals surface area contributed by atoms with Crippen molar-refractivity contribution in [1.29, 1.82) is 0 Å². The van der Waals surface area contributed by atoms with Crippen molar-refractivity contribution in [3.8, 4) is 0 Å². The van der Waals surface area contributed by atoms with Gasteiger partial charge in [0, 0.05) is 12.6 Å². The highest BCUT2D eigenvalue weighted by Crippen LogP contribution is 2.06. The Bertz CT molecular complexity index is 354. The number of carbonyl (C=O) groups is 1. The lowest BCUT2D eigenvalue weighted by atomic mass is 10.1. The first kappa shape index (κ1) is 15.1. The molecule has 1 aromatic rings. The number of amides is 1. The Labute approximate surface area is 114 Å². The largest absolute Gasteiger partial charge is 0.354 e. The summed E-state index contributed by atoms with van der Waals surface area (Å²) >= 11 is 1.55. The van der Waals surface area contributed by atoms with E-state index in [2.05, 4.69) is 22.3 Å². The Morgan fingerprint density at radius 2 is 2.00 bits per heavy atom. The van der Waals surface area contributed by atoms with Gasteiger partial charge in [0.1, 0.15) is 0 Å². The van der Waals surface area contributed by atoms with E-state index in [1.54, 1.807) is 11.8 Å². The van der Waals surface area contributed by atoms with Gasteiger partial charge in [0.2, 0.25) is 5.91 Å². The van der Waals surface area contributed by atoms with Crippen molar-refractivity contribution in [1.82, 2.24) is 10.2 Å². The third kappa shape index (κ3) is 5.56. The second-order valence-corrected chi connectivity index (χ2v) is 5.41. The lowest BCUT2D eigenvalue weighted by Gasteiger charge is -2.24. The van der Waals surface area contributed by atoms with E-state index < -0.39 is 0 Å². The van der Waals surface area contributed by atoms with Crippen LogP contribution in [0.5, 0.6) is 0 Å². The number of hydrogen-bond acceptors (Lipinski definition) is 3. The molecule has 1 unspecified atom stereocenters. The number of carbonyl (C=O) groups excluding carboxylic acids is 1. The molecule has 18 heavy (non-hydrogen) atoms. The second-order valence-electron chi connectivity index (χ2n) is 4.54. The van der Waals surface area contributed by atoms with E-state index in [4.69, 9.17) is 0 Å². The standard InChI is InChI=1S/C14H22N2OS/c1-16(2)13(10-15-14(17)11-18-3)9-12-7-5-4-6-8-12/h4-8,13H,9-11H2,1-3H3,(H,15,17). The number of thioether (sulfide) groups is 1. The molecule has 0 heterocycles. The summed E-state index contributed by atoms with van der Waals surface area (Å²) in [4.78, 5) is 13.6. The smallest absolute Gasteiger partial charge is 0.230 e. The number of nitrogens with zero attached hydrogens (tertiary/aromatic N) is 1. The molecule has 1 N–H and O–H groups in total. The molecule has 0 aliphatic rings. The van der Waals surface area contributed by atoms with Gasteiger partial charge in [-0.05, 0) is 32.3 Å². The van der Waals surface area contributed by atoms with Gasteiger partial charge in [-0.25, -0.2) is 0 Å². The van der Waals surface area contributed by atoms with Crippen LogP contribution in [0.15, 0.2) is 30.3 Å². The van der Waals surface area contributed by atoms with Gasteiger partial charge in [0.25, 0.3) is 0 Å². The van der Waals surface area contributed by atoms with Crippen LogP contribution in [0.3, 0.4) is 0 Å². The maximum Gasteiger partial charge on any atom is 0.230 e. The average Bonchev–Trinajstić information content (AvgIpc) is 2.35. The summed E-state index contributed by atoms with van der Waals surface area (Å²) in [7, 11) is 4.10. The quantitative estimate of drug-likeness (QED) is 0.814. The third-order valence-corrected chi connectivity index (χ3v) is 3.41. The van der Waals surface area contributed by atoms with E-state index in [1.807, 2.05) is 38.6 Å². The number of nitrogens with one attached hydrogen (secondary N) is 1. The molecule has 0 bridgehead atoms. The molecule has 0 aliphatic carbocycles. The minimum absolute atomic E-state index is 0.113. The Balaban J connectivity index is 2.48. The van der Waals surface area contributed by atoms with E-state index in [1.165, 1.54) is 5.56 Å². The van der Waals surface area contributed by atoms with Gasteiger partial charge in [-0.2, -0.15) is 11.8 Å². The van der Waals surface area contributed by atoms with Crippen LogP contribution in [-0.2, 0) is 11.2 Å². The van der Waals surface area contributed by atoms with Crippen LogP contribution in [0.2, 0.25) is 0 Å². The fourth-order valence-corrected chi connectivity index (χ4v) is 2.10. The summed E-state index contributed by atoms with van der Waals surface area (Å²) < 4.78 is 0. The van der Waals surface area contributed by atoms with Gasteiger partial charge in [0.15, 0.2) is 0 Å². The van der Waals surface area contributed by atoms with Crippen molar-refractivity contribution < 1.29 is 4.79 Å². The lowest BCUT2D eigenvalue weighted by molar-refractivity contribution is -0.118. The first-order valence-electron chi connectivity index (χ1n) is 6.09. The molecule has 0 saturated heterocycles. The maximum atomic E-state index is 11.5. The summed E-state index contributed by atoms with van der Waals surface area (Å²) in [6.07, 6.45) is 2.89. The highest BCUT2D eigenvalue weighted by Gasteiger charge is 2.13. The summed E-state index contributed by atoms with van der Waals surface area (Å²) in [5.41, 5.74) is 1.30. The molecule has 0 fully saturated rings. The molecule has 100 valence electrons. The van der Waals surface area contributed by atoms with Crippen LogP contribution in [-0.4, -0.2) is 49.5 Å². The number of rotatable bonds is 7. The molecule has 1 rings (SSSR count). The fraction of sp³-hybridized carbons (Fsp3) is 0.500. The molecule has 3 nitrogen and oxygen atoms in total. The van der Waals surface area contributed by atoms with E-state index >= 15 is 0 Å². The number of hydrogen-bond donors (Lipinski definition) is 1. The van der Waals surface area contributed by atoms with E-state index in [0.29, 0.717) is 18.3 Å². The summed E-state index contributed by atoms with van der Waals surface area (Å²) in [6.45, 7) is 0.696. The zero-order valence-corrected chi connectivity index (χ0v) is 12.2. The highest BCUT2D eigenvalue weighted by molar-refractivity contribution is 7.99. The molecular formula is C14H22N2OS. The average molecular weight is 266 g/mol. The van der Waals surface area contributed by atoms with Crippen molar-refractivity contribution in [2.75, 3.05) is 32.6 Å². The van der Waals surface area contributed by atoms with Crippen molar-refractivity contribution in [3.63, 3.8) is 0 Å². The maximum absolute atomic E-state index is 11.5. The number of benzene rings is 1. The van der Waals surface area contributed by atoms with Gasteiger partial charge in [0.05, 0.1) is 5.75 Å². The van der Waals surface area contributed by atoms with Crippen LogP contribution < -0.4 is 5.32 Å². The molecule has 0 aliphatic heterocycles. The molecule has 4 heteroatoms. The summed E-state index contributed by atoms with van der Waals surface area (Å²) in [5, 5.41) is 2.98. The minimum atomic E-state index is 0.113. The zero-order valence-electron chi connectivity index (χ0n) is 11.3. The van der Waals surface area contributed by atoms with Gasteiger partial charge >= 0.3 is 0 Å². The Hall–Kier alpha value is -1.00. The van der Waals surface area contributed by atoms with Crippen molar-refractivity contribution in [2.45, 2.75) is 12.5 Å². The topological polar surface area (TPSA) is 32.3 Å². The van der Waals surface area contributed by atoms with Gasteiger partial charge in [-0.15, -0.1) is 0 Å². The van der Waals surface area contributed by atoms with E-state index in [-0.39, 0.29) is 5.91 Å². The second kappa shape index (κ2) is 8.16. The lowest BCUT2D eigenvalue weighted by Crippen LogP contribution is -2.42. The molecular weight excluding hydrogens is 244 g/mol. The fourth-order valence-electron chi connectivity index (χ4n) is 1.74. The molecule has 0 aromatic heterocycles. The Morgan fingerprint density at radius 1 is 1.33 bits per heavy atom. The van der Waals surface area contributed by atoms with Gasteiger partial charge < -0.3 is 10.2 Å². The summed E-state index contributed by atoms with van der Waals surface area (Å²) in [5.74, 6) is 0.647. The van der Waals surface area contributed by atoms with Crippen molar-refractivity contribution in [3.05, 3.63) is 35.9 Å². The van der Waals surface area contributed by atoms with Crippen LogP contribution in [0.4, 0.5) is 0 Å². The minimum Gasteiger partial charge on any atom is -0.354 e. The van der Waals surface area contributed by atoms with E-state index in [9.17, 15) is 4.79 Å². The van der Waals surface area contributed by atoms with Crippen LogP contribution in [0, 0.1) is 0 Å². The van der Waals surface area contributed by atoms with Crippen LogP contribution >= 0.6 is 11.8 Å². The number of likely N-dealkylation sites (N-methyl/N-ethyl adjacent to an activating group) is 1. The molecule has 0 saturated carbocycles. The van der Waals surface area contributed by atoms with Crippen molar-refractivity contribution >= 4 is 17.7 Å². The highest BCUT2D eigenvalue weighted by atomic mass is 32.2. The molecule has 1 amide bonds. The predicted octanol–water partition coefficient (Wildman–Crippen LogP) is 1.64. The van der Waals surface area contributed by atoms with Crippen LogP contribution in [0.1, 0.15) is 5.56 Å². The zero-order chi connectivity index (χ0) is 13.4. The molecule has 1 aromatic carbocycles. The normalized spacial score (nSPS) is 12.4. The van der Waals surface area contributed by atoms with Crippen LogP contribution in [0.25, 0.3) is 0 Å². The van der Waals surface area contributed by atoms with Crippen molar-refractivity contribution in [2.24, 2.45) is 0 Å². The Morgan fingerprint density at radius 3 is 2.56 bits per heavy atom. The van der Waals surface area contributed by atoms with Gasteiger partial charge in [-0.3, -0.25) is 4.79 Å².